The maximum atomic E-state index is 12.3. The van der Waals surface area contributed by atoms with E-state index in [0.29, 0.717) is 18.5 Å². The second-order valence-electron chi connectivity index (χ2n) is 6.61. The van der Waals surface area contributed by atoms with Crippen molar-refractivity contribution in [3.63, 3.8) is 0 Å². The number of amides is 2. The number of aryl methyl sites for hydroxylation is 2. The summed E-state index contributed by atoms with van der Waals surface area (Å²) in [7, 11) is 1.86. The molecule has 0 unspecified atom stereocenters. The van der Waals surface area contributed by atoms with Gasteiger partial charge in [-0.05, 0) is 41.8 Å². The lowest BCUT2D eigenvalue weighted by atomic mass is 10.0. The average Bonchev–Trinajstić information content (AvgIpc) is 3.12. The molecule has 3 aromatic rings. The molecule has 0 bridgehead atoms. The zero-order chi connectivity index (χ0) is 19.5. The molecule has 3 heterocycles. The van der Waals surface area contributed by atoms with Crippen LogP contribution in [0.15, 0.2) is 55.1 Å². The first-order chi connectivity index (χ1) is 13.6. The smallest absolute Gasteiger partial charge is 0.248 e. The van der Waals surface area contributed by atoms with Crippen LogP contribution in [-0.2, 0) is 23.1 Å². The van der Waals surface area contributed by atoms with Crippen LogP contribution in [0.1, 0.15) is 17.5 Å². The first-order valence-corrected chi connectivity index (χ1v) is 8.93. The first kappa shape index (κ1) is 17.7. The Morgan fingerprint density at radius 1 is 1.25 bits per heavy atom. The van der Waals surface area contributed by atoms with Crippen molar-refractivity contribution in [1.82, 2.24) is 14.8 Å². The Morgan fingerprint density at radius 2 is 2.14 bits per heavy atom. The van der Waals surface area contributed by atoms with Crippen molar-refractivity contribution in [2.24, 2.45) is 7.05 Å². The molecule has 0 atom stereocenters. The van der Waals surface area contributed by atoms with Crippen molar-refractivity contribution in [2.75, 3.05) is 10.6 Å². The minimum atomic E-state index is -0.261. The topological polar surface area (TPSA) is 88.9 Å². The molecule has 2 amide bonds. The van der Waals surface area contributed by atoms with Crippen LogP contribution in [0.5, 0.6) is 0 Å². The van der Waals surface area contributed by atoms with Gasteiger partial charge in [-0.25, -0.2) is 0 Å². The predicted octanol–water partition coefficient (Wildman–Crippen LogP) is 3.02. The summed E-state index contributed by atoms with van der Waals surface area (Å²) in [6.45, 7) is 0. The Morgan fingerprint density at radius 3 is 2.96 bits per heavy atom. The van der Waals surface area contributed by atoms with Gasteiger partial charge in [0, 0.05) is 60.6 Å². The maximum absolute atomic E-state index is 12.3. The summed E-state index contributed by atoms with van der Waals surface area (Å²) in [6, 6.07) is 7.44. The standard InChI is InChI=1S/C21H19N5O2/c1-26-13-16(12-23-26)18-8-9-22-11-15(18)4-7-20(27)24-17-5-2-14-3-6-21(28)25-19(14)10-17/h2,4-5,7-13H,3,6H2,1H3,(H,24,27)(H,25,28). The molecule has 1 aliphatic heterocycles. The van der Waals surface area contributed by atoms with Crippen molar-refractivity contribution >= 4 is 29.3 Å². The summed E-state index contributed by atoms with van der Waals surface area (Å²) in [6.07, 6.45) is 11.5. The van der Waals surface area contributed by atoms with Gasteiger partial charge < -0.3 is 10.6 Å². The molecule has 28 heavy (non-hydrogen) atoms. The highest BCUT2D eigenvalue weighted by Crippen LogP contribution is 2.26. The van der Waals surface area contributed by atoms with Crippen molar-refractivity contribution in [3.05, 3.63) is 66.3 Å². The van der Waals surface area contributed by atoms with Crippen LogP contribution >= 0.6 is 0 Å². The first-order valence-electron chi connectivity index (χ1n) is 8.93. The highest BCUT2D eigenvalue weighted by molar-refractivity contribution is 6.03. The van der Waals surface area contributed by atoms with E-state index in [1.54, 1.807) is 35.4 Å². The van der Waals surface area contributed by atoms with Crippen molar-refractivity contribution < 1.29 is 9.59 Å². The van der Waals surface area contributed by atoms with Crippen LogP contribution in [-0.4, -0.2) is 26.6 Å². The summed E-state index contributed by atoms with van der Waals surface area (Å²) in [5.74, 6) is -0.265. The lowest BCUT2D eigenvalue weighted by molar-refractivity contribution is -0.116. The number of fused-ring (bicyclic) bond motifs is 1. The number of hydrogen-bond acceptors (Lipinski definition) is 4. The fourth-order valence-electron chi connectivity index (χ4n) is 3.16. The third kappa shape index (κ3) is 3.83. The summed E-state index contributed by atoms with van der Waals surface area (Å²) >= 11 is 0. The van der Waals surface area contributed by atoms with Crippen LogP contribution in [0.2, 0.25) is 0 Å². The predicted molar refractivity (Wildman–Crippen MR) is 107 cm³/mol. The van der Waals surface area contributed by atoms with E-state index in [1.165, 1.54) is 6.08 Å². The van der Waals surface area contributed by atoms with E-state index in [1.807, 2.05) is 31.4 Å². The minimum Gasteiger partial charge on any atom is -0.326 e. The third-order valence-corrected chi connectivity index (χ3v) is 4.55. The molecule has 0 saturated carbocycles. The Bertz CT molecular complexity index is 1080. The van der Waals surface area contributed by atoms with Crippen molar-refractivity contribution in [3.8, 4) is 11.1 Å². The number of benzene rings is 1. The van der Waals surface area contributed by atoms with E-state index in [-0.39, 0.29) is 11.8 Å². The molecule has 7 heteroatoms. The van der Waals surface area contributed by atoms with Gasteiger partial charge in [0.2, 0.25) is 11.8 Å². The molecule has 0 spiro atoms. The molecule has 0 fully saturated rings. The number of carbonyl (C=O) groups excluding carboxylic acids is 2. The zero-order valence-corrected chi connectivity index (χ0v) is 15.3. The highest BCUT2D eigenvalue weighted by atomic mass is 16.2. The Hall–Kier alpha value is -3.74. The quantitative estimate of drug-likeness (QED) is 0.688. The lowest BCUT2D eigenvalue weighted by Gasteiger charge is -2.17. The Balaban J connectivity index is 1.50. The number of aromatic nitrogens is 3. The fraction of sp³-hybridized carbons (Fsp3) is 0.143. The van der Waals surface area contributed by atoms with E-state index in [2.05, 4.69) is 20.7 Å². The normalized spacial score (nSPS) is 13.2. The van der Waals surface area contributed by atoms with Crippen LogP contribution < -0.4 is 10.6 Å². The summed E-state index contributed by atoms with van der Waals surface area (Å²) in [4.78, 5) is 28.0. The van der Waals surface area contributed by atoms with Gasteiger partial charge in [-0.3, -0.25) is 19.3 Å². The molecule has 140 valence electrons. The van der Waals surface area contributed by atoms with Gasteiger partial charge >= 0.3 is 0 Å². The number of anilines is 2. The molecular weight excluding hydrogens is 354 g/mol. The summed E-state index contributed by atoms with van der Waals surface area (Å²) < 4.78 is 1.73. The van der Waals surface area contributed by atoms with E-state index >= 15 is 0 Å². The monoisotopic (exact) mass is 373 g/mol. The highest BCUT2D eigenvalue weighted by Gasteiger charge is 2.15. The minimum absolute atomic E-state index is 0.00428. The Kier molecular flexibility index (Phi) is 4.72. The second-order valence-corrected chi connectivity index (χ2v) is 6.61. The van der Waals surface area contributed by atoms with Gasteiger partial charge in [0.15, 0.2) is 0 Å². The van der Waals surface area contributed by atoms with Crippen molar-refractivity contribution in [2.45, 2.75) is 12.8 Å². The Labute approximate surface area is 162 Å². The SMILES string of the molecule is Cn1cc(-c2ccncc2C=CC(=O)Nc2ccc3c(c2)NC(=O)CC3)cn1. The largest absolute Gasteiger partial charge is 0.326 e. The number of pyridine rings is 1. The molecule has 2 aromatic heterocycles. The molecule has 4 rings (SSSR count). The number of hydrogen-bond donors (Lipinski definition) is 2. The van der Waals surface area contributed by atoms with Crippen LogP contribution in [0.4, 0.5) is 11.4 Å². The molecule has 0 aliphatic carbocycles. The van der Waals surface area contributed by atoms with Crippen LogP contribution in [0, 0.1) is 0 Å². The molecule has 0 saturated heterocycles. The van der Waals surface area contributed by atoms with Gasteiger partial charge in [-0.2, -0.15) is 5.10 Å². The number of carbonyl (C=O) groups is 2. The van der Waals surface area contributed by atoms with E-state index < -0.39 is 0 Å². The van der Waals surface area contributed by atoms with E-state index in [9.17, 15) is 9.59 Å². The van der Waals surface area contributed by atoms with Crippen LogP contribution in [0.3, 0.4) is 0 Å². The van der Waals surface area contributed by atoms with E-state index in [0.717, 1.165) is 27.9 Å². The molecule has 2 N–H and O–H groups in total. The van der Waals surface area contributed by atoms with Gasteiger partial charge in [-0.1, -0.05) is 6.07 Å². The number of nitrogens with one attached hydrogen (secondary N) is 2. The molecule has 1 aliphatic rings. The molecule has 0 radical (unpaired) electrons. The third-order valence-electron chi connectivity index (χ3n) is 4.55. The molecular formula is C21H19N5O2. The van der Waals surface area contributed by atoms with Gasteiger partial charge in [0.05, 0.1) is 6.20 Å². The zero-order valence-electron chi connectivity index (χ0n) is 15.3. The molecule has 7 nitrogen and oxygen atoms in total. The molecule has 1 aromatic carbocycles. The van der Waals surface area contributed by atoms with Gasteiger partial charge in [0.25, 0.3) is 0 Å². The van der Waals surface area contributed by atoms with Crippen LogP contribution in [0.25, 0.3) is 17.2 Å². The fourth-order valence-corrected chi connectivity index (χ4v) is 3.16. The van der Waals surface area contributed by atoms with E-state index in [4.69, 9.17) is 0 Å². The lowest BCUT2D eigenvalue weighted by Crippen LogP contribution is -2.19. The maximum Gasteiger partial charge on any atom is 0.248 e. The summed E-state index contributed by atoms with van der Waals surface area (Å²) in [5, 5.41) is 9.85. The average molecular weight is 373 g/mol. The number of rotatable bonds is 4. The second kappa shape index (κ2) is 7.48. The van der Waals surface area contributed by atoms with Crippen molar-refractivity contribution in [1.29, 1.82) is 0 Å². The summed E-state index contributed by atoms with van der Waals surface area (Å²) in [5.41, 5.74) is 5.19. The van der Waals surface area contributed by atoms with Gasteiger partial charge in [-0.15, -0.1) is 0 Å². The van der Waals surface area contributed by atoms with Gasteiger partial charge in [0.1, 0.15) is 0 Å². The number of nitrogens with zero attached hydrogens (tertiary/aromatic N) is 3.